The molecule has 3 atom stereocenters. The predicted octanol–water partition coefficient (Wildman–Crippen LogP) is 0.140. The molecule has 19 heavy (non-hydrogen) atoms. The van der Waals surface area contributed by atoms with Crippen LogP contribution in [0.5, 0.6) is 0 Å². The van der Waals surface area contributed by atoms with Crippen molar-refractivity contribution in [2.24, 2.45) is 21.7 Å². The number of hydrogen-bond acceptors (Lipinski definition) is 5. The first-order chi connectivity index (χ1) is 9.12. The standard InChI is InChI=1S/C12H19N5O2/c1-7-4-8(6-18)19-10(7)9-5-16-12(11(13)14-2)17(9)15-3/h5,7-8,10,18H,3-4,6H2,1-2H3,(H2,13,14)/t7-,8-,10+/m0/s1. The van der Waals surface area contributed by atoms with E-state index in [-0.39, 0.29) is 24.7 Å². The molecule has 2 rings (SSSR count). The van der Waals surface area contributed by atoms with Crippen LogP contribution in [0.25, 0.3) is 0 Å². The van der Waals surface area contributed by atoms with Gasteiger partial charge in [0.2, 0.25) is 0 Å². The molecule has 0 radical (unpaired) electrons. The maximum absolute atomic E-state index is 9.18. The number of aliphatic hydroxyl groups is 1. The Morgan fingerprint density at radius 1 is 1.74 bits per heavy atom. The van der Waals surface area contributed by atoms with Gasteiger partial charge in [-0.15, -0.1) is 0 Å². The molecule has 1 saturated heterocycles. The maximum Gasteiger partial charge on any atom is 0.196 e. The average molecular weight is 265 g/mol. The van der Waals surface area contributed by atoms with E-state index in [1.54, 1.807) is 17.9 Å². The number of aliphatic imine (C=N–C) groups is 1. The van der Waals surface area contributed by atoms with Crippen molar-refractivity contribution in [3.05, 3.63) is 17.7 Å². The van der Waals surface area contributed by atoms with Crippen LogP contribution in [0.2, 0.25) is 0 Å². The summed E-state index contributed by atoms with van der Waals surface area (Å²) in [6, 6.07) is 0. The number of amidine groups is 1. The summed E-state index contributed by atoms with van der Waals surface area (Å²) >= 11 is 0. The fourth-order valence-corrected chi connectivity index (χ4v) is 2.39. The van der Waals surface area contributed by atoms with Gasteiger partial charge in [0, 0.05) is 13.8 Å². The van der Waals surface area contributed by atoms with Gasteiger partial charge in [0.1, 0.15) is 6.10 Å². The van der Waals surface area contributed by atoms with Crippen molar-refractivity contribution in [2.75, 3.05) is 13.7 Å². The highest BCUT2D eigenvalue weighted by Gasteiger charge is 2.35. The number of imidazole rings is 1. The molecule has 0 unspecified atom stereocenters. The summed E-state index contributed by atoms with van der Waals surface area (Å²) in [5, 5.41) is 13.1. The smallest absolute Gasteiger partial charge is 0.196 e. The molecule has 0 amide bonds. The van der Waals surface area contributed by atoms with Gasteiger partial charge >= 0.3 is 0 Å². The summed E-state index contributed by atoms with van der Waals surface area (Å²) in [7, 11) is 1.59. The number of nitrogens with zero attached hydrogens (tertiary/aromatic N) is 4. The third-order valence-corrected chi connectivity index (χ3v) is 3.36. The molecule has 0 saturated carbocycles. The van der Waals surface area contributed by atoms with Crippen LogP contribution in [0.15, 0.2) is 16.3 Å². The van der Waals surface area contributed by atoms with Gasteiger partial charge < -0.3 is 15.6 Å². The summed E-state index contributed by atoms with van der Waals surface area (Å²) in [5.41, 5.74) is 6.55. The number of aliphatic hydroxyl groups excluding tert-OH is 1. The van der Waals surface area contributed by atoms with E-state index in [9.17, 15) is 5.11 Å². The van der Waals surface area contributed by atoms with Gasteiger partial charge in [-0.3, -0.25) is 4.99 Å². The minimum Gasteiger partial charge on any atom is -0.394 e. The zero-order chi connectivity index (χ0) is 14.0. The Morgan fingerprint density at radius 3 is 3.00 bits per heavy atom. The van der Waals surface area contributed by atoms with Crippen LogP contribution in [0.4, 0.5) is 0 Å². The van der Waals surface area contributed by atoms with E-state index in [2.05, 4.69) is 28.7 Å². The normalized spacial score (nSPS) is 27.7. The predicted molar refractivity (Wildman–Crippen MR) is 72.3 cm³/mol. The van der Waals surface area contributed by atoms with Crippen LogP contribution in [0, 0.1) is 5.92 Å². The summed E-state index contributed by atoms with van der Waals surface area (Å²) < 4.78 is 7.34. The van der Waals surface area contributed by atoms with Crippen molar-refractivity contribution in [1.82, 2.24) is 9.66 Å². The lowest BCUT2D eigenvalue weighted by molar-refractivity contribution is 0.00201. The average Bonchev–Trinajstić information content (AvgIpc) is 3.00. The molecule has 1 aromatic rings. The van der Waals surface area contributed by atoms with Crippen molar-refractivity contribution in [1.29, 1.82) is 0 Å². The van der Waals surface area contributed by atoms with E-state index in [4.69, 9.17) is 10.5 Å². The molecule has 7 heteroatoms. The summed E-state index contributed by atoms with van der Waals surface area (Å²) in [5.74, 6) is 1.01. The number of hydrogen-bond donors (Lipinski definition) is 2. The van der Waals surface area contributed by atoms with Gasteiger partial charge in [0.25, 0.3) is 0 Å². The van der Waals surface area contributed by atoms with Crippen molar-refractivity contribution in [3.63, 3.8) is 0 Å². The fraction of sp³-hybridized carbons (Fsp3) is 0.583. The second-order valence-corrected chi connectivity index (χ2v) is 4.64. The van der Waals surface area contributed by atoms with E-state index in [0.29, 0.717) is 11.7 Å². The molecule has 0 spiro atoms. The molecule has 1 aliphatic heterocycles. The van der Waals surface area contributed by atoms with Crippen LogP contribution in [0.1, 0.15) is 31.0 Å². The minimum atomic E-state index is -0.173. The molecular weight excluding hydrogens is 246 g/mol. The van der Waals surface area contributed by atoms with Crippen molar-refractivity contribution in [2.45, 2.75) is 25.6 Å². The Morgan fingerprint density at radius 2 is 2.47 bits per heavy atom. The summed E-state index contributed by atoms with van der Waals surface area (Å²) in [4.78, 5) is 8.12. The van der Waals surface area contributed by atoms with Crippen LogP contribution in [-0.4, -0.2) is 47.1 Å². The first kappa shape index (κ1) is 13.7. The Hall–Kier alpha value is -1.73. The molecule has 1 aromatic heterocycles. The molecular formula is C12H19N5O2. The number of nitrogens with two attached hydrogens (primary N) is 1. The van der Waals surface area contributed by atoms with Crippen LogP contribution < -0.4 is 5.73 Å². The number of rotatable bonds is 4. The fourth-order valence-electron chi connectivity index (χ4n) is 2.39. The van der Waals surface area contributed by atoms with Crippen LogP contribution >= 0.6 is 0 Å². The Balaban J connectivity index is 2.36. The van der Waals surface area contributed by atoms with Crippen molar-refractivity contribution < 1.29 is 9.84 Å². The van der Waals surface area contributed by atoms with E-state index >= 15 is 0 Å². The monoisotopic (exact) mass is 265 g/mol. The quantitative estimate of drug-likeness (QED) is 0.597. The Bertz CT molecular complexity index is 496. The SMILES string of the molecule is C=Nn1c([C@@H]2O[C@H](CO)C[C@@H]2C)cnc1C(N)=NC. The van der Waals surface area contributed by atoms with Crippen molar-refractivity contribution >= 4 is 12.6 Å². The molecule has 7 nitrogen and oxygen atoms in total. The Labute approximate surface area is 111 Å². The Kier molecular flexibility index (Phi) is 3.96. The van der Waals surface area contributed by atoms with Gasteiger partial charge in [0.15, 0.2) is 11.7 Å². The zero-order valence-corrected chi connectivity index (χ0v) is 11.2. The minimum absolute atomic E-state index is 0.0158. The lowest BCUT2D eigenvalue weighted by Gasteiger charge is -2.15. The molecule has 1 fully saturated rings. The summed E-state index contributed by atoms with van der Waals surface area (Å²) in [6.45, 7) is 5.62. The second-order valence-electron chi connectivity index (χ2n) is 4.64. The largest absolute Gasteiger partial charge is 0.394 e. The molecule has 1 aliphatic rings. The molecule has 3 N–H and O–H groups in total. The van der Waals surface area contributed by atoms with E-state index < -0.39 is 0 Å². The first-order valence-electron chi connectivity index (χ1n) is 6.16. The lowest BCUT2D eigenvalue weighted by atomic mass is 10.00. The third kappa shape index (κ3) is 2.39. The second kappa shape index (κ2) is 5.50. The molecule has 104 valence electrons. The molecule has 0 aromatic carbocycles. The van der Waals surface area contributed by atoms with Gasteiger partial charge in [-0.2, -0.15) is 5.10 Å². The van der Waals surface area contributed by atoms with E-state index in [1.807, 2.05) is 0 Å². The van der Waals surface area contributed by atoms with Crippen LogP contribution in [-0.2, 0) is 4.74 Å². The first-order valence-corrected chi connectivity index (χ1v) is 6.16. The third-order valence-electron chi connectivity index (χ3n) is 3.36. The van der Waals surface area contributed by atoms with Gasteiger partial charge in [-0.25, -0.2) is 9.66 Å². The maximum atomic E-state index is 9.18. The highest BCUT2D eigenvalue weighted by Crippen LogP contribution is 2.37. The number of aromatic nitrogens is 2. The van der Waals surface area contributed by atoms with Gasteiger partial charge in [-0.05, 0) is 12.3 Å². The molecule has 2 heterocycles. The van der Waals surface area contributed by atoms with E-state index in [0.717, 1.165) is 12.1 Å². The zero-order valence-electron chi connectivity index (χ0n) is 11.2. The molecule has 0 aliphatic carbocycles. The van der Waals surface area contributed by atoms with E-state index in [1.165, 1.54) is 0 Å². The lowest BCUT2D eigenvalue weighted by Crippen LogP contribution is -2.20. The van der Waals surface area contributed by atoms with Gasteiger partial charge in [-0.1, -0.05) is 6.92 Å². The highest BCUT2D eigenvalue weighted by atomic mass is 16.5. The van der Waals surface area contributed by atoms with Gasteiger partial charge in [0.05, 0.1) is 24.6 Å². The van der Waals surface area contributed by atoms with Crippen LogP contribution in [0.3, 0.4) is 0 Å². The summed E-state index contributed by atoms with van der Waals surface area (Å²) in [6.07, 6.45) is 2.15. The highest BCUT2D eigenvalue weighted by molar-refractivity contribution is 5.94. The molecule has 0 bridgehead atoms. The number of ether oxygens (including phenoxy) is 1. The topological polar surface area (TPSA) is 98.0 Å². The van der Waals surface area contributed by atoms with Crippen molar-refractivity contribution in [3.8, 4) is 0 Å².